The Morgan fingerprint density at radius 3 is 2.53 bits per heavy atom. The van der Waals surface area contributed by atoms with Gasteiger partial charge in [-0.1, -0.05) is 24.8 Å². The molecule has 3 heterocycles. The van der Waals surface area contributed by atoms with Crippen LogP contribution < -0.4 is 9.64 Å². The van der Waals surface area contributed by atoms with Gasteiger partial charge in [0.1, 0.15) is 23.0 Å². The highest BCUT2D eigenvalue weighted by atomic mass is 19.1. The molecule has 10 heteroatoms. The highest BCUT2D eigenvalue weighted by molar-refractivity contribution is 5.96. The maximum absolute atomic E-state index is 16.3. The molecular formula is C28H26F2N6O2. The van der Waals surface area contributed by atoms with Crippen LogP contribution in [0.5, 0.6) is 6.01 Å². The molecule has 0 spiro atoms. The molecule has 1 aliphatic heterocycles. The minimum absolute atomic E-state index is 0.00701. The zero-order valence-corrected chi connectivity index (χ0v) is 20.9. The third kappa shape index (κ3) is 4.89. The summed E-state index contributed by atoms with van der Waals surface area (Å²) in [6.07, 6.45) is 6.02. The van der Waals surface area contributed by atoms with E-state index in [2.05, 4.69) is 26.5 Å². The SMILES string of the molecule is C=Cc1cccc(F)c1-c1c(C)cc2c(N3CCN(C=O)CC3)nc(OCCc3ncccn3)nc2c1F. The Kier molecular flexibility index (Phi) is 7.21. The Bertz CT molecular complexity index is 1490. The molecule has 2 aromatic heterocycles. The second kappa shape index (κ2) is 10.9. The van der Waals surface area contributed by atoms with Crippen molar-refractivity contribution < 1.29 is 18.3 Å². The van der Waals surface area contributed by atoms with Crippen LogP contribution in [0.1, 0.15) is 17.0 Å². The lowest BCUT2D eigenvalue weighted by Crippen LogP contribution is -2.46. The van der Waals surface area contributed by atoms with Gasteiger partial charge in [0.15, 0.2) is 5.82 Å². The topological polar surface area (TPSA) is 84.3 Å². The summed E-state index contributed by atoms with van der Waals surface area (Å²) in [6, 6.07) is 8.04. The second-order valence-corrected chi connectivity index (χ2v) is 8.91. The molecule has 5 rings (SSSR count). The van der Waals surface area contributed by atoms with Crippen LogP contribution in [-0.2, 0) is 11.2 Å². The molecule has 1 saturated heterocycles. The Labute approximate surface area is 218 Å². The van der Waals surface area contributed by atoms with E-state index in [9.17, 15) is 4.79 Å². The van der Waals surface area contributed by atoms with Crippen LogP contribution in [0.3, 0.4) is 0 Å². The highest BCUT2D eigenvalue weighted by Gasteiger charge is 2.25. The minimum atomic E-state index is -0.667. The van der Waals surface area contributed by atoms with Gasteiger partial charge in [-0.3, -0.25) is 4.79 Å². The van der Waals surface area contributed by atoms with Crippen LogP contribution in [0.2, 0.25) is 0 Å². The molecule has 1 fully saturated rings. The number of amides is 1. The predicted octanol–water partition coefficient (Wildman–Crippen LogP) is 4.22. The number of rotatable bonds is 8. The normalized spacial score (nSPS) is 13.6. The fourth-order valence-electron chi connectivity index (χ4n) is 4.64. The largest absolute Gasteiger partial charge is 0.463 e. The van der Waals surface area contributed by atoms with Crippen molar-refractivity contribution in [3.05, 3.63) is 77.9 Å². The quantitative estimate of drug-likeness (QED) is 0.324. The van der Waals surface area contributed by atoms with Gasteiger partial charge >= 0.3 is 6.01 Å². The number of ether oxygens (including phenoxy) is 1. The van der Waals surface area contributed by atoms with Crippen molar-refractivity contribution in [1.82, 2.24) is 24.8 Å². The highest BCUT2D eigenvalue weighted by Crippen LogP contribution is 2.38. The monoisotopic (exact) mass is 516 g/mol. The van der Waals surface area contributed by atoms with Gasteiger partial charge in [0.2, 0.25) is 6.41 Å². The number of carbonyl (C=O) groups excluding carboxylic acids is 1. The maximum Gasteiger partial charge on any atom is 0.319 e. The van der Waals surface area contributed by atoms with Gasteiger partial charge in [0, 0.05) is 61.5 Å². The van der Waals surface area contributed by atoms with Crippen LogP contribution in [0.15, 0.2) is 49.3 Å². The number of piperazine rings is 1. The Balaban J connectivity index is 1.61. The van der Waals surface area contributed by atoms with Gasteiger partial charge < -0.3 is 14.5 Å². The number of anilines is 1. The lowest BCUT2D eigenvalue weighted by Gasteiger charge is -2.34. The molecule has 2 aromatic carbocycles. The molecule has 0 saturated carbocycles. The van der Waals surface area contributed by atoms with Crippen molar-refractivity contribution in [1.29, 1.82) is 0 Å². The van der Waals surface area contributed by atoms with E-state index in [1.165, 1.54) is 12.1 Å². The molecule has 8 nitrogen and oxygen atoms in total. The lowest BCUT2D eigenvalue weighted by atomic mass is 9.93. The first kappa shape index (κ1) is 25.2. The Morgan fingerprint density at radius 1 is 1.05 bits per heavy atom. The number of aromatic nitrogens is 4. The van der Waals surface area contributed by atoms with Crippen molar-refractivity contribution in [3.63, 3.8) is 0 Å². The molecule has 194 valence electrons. The Hall–Kier alpha value is -4.47. The van der Waals surface area contributed by atoms with E-state index in [0.29, 0.717) is 60.8 Å². The van der Waals surface area contributed by atoms with Gasteiger partial charge in [-0.2, -0.15) is 9.97 Å². The van der Waals surface area contributed by atoms with Crippen LogP contribution in [-0.4, -0.2) is 64.0 Å². The maximum atomic E-state index is 16.3. The number of hydrogen-bond acceptors (Lipinski definition) is 7. The zero-order chi connectivity index (χ0) is 26.6. The van der Waals surface area contributed by atoms with E-state index in [1.807, 2.05) is 4.90 Å². The van der Waals surface area contributed by atoms with Crippen LogP contribution in [0, 0.1) is 18.6 Å². The summed E-state index contributed by atoms with van der Waals surface area (Å²) >= 11 is 0. The molecule has 0 bridgehead atoms. The Morgan fingerprint density at radius 2 is 1.82 bits per heavy atom. The number of benzene rings is 2. The van der Waals surface area contributed by atoms with E-state index < -0.39 is 11.6 Å². The molecule has 0 N–H and O–H groups in total. The first-order valence-corrected chi connectivity index (χ1v) is 12.2. The van der Waals surface area contributed by atoms with Gasteiger partial charge in [0.05, 0.1) is 6.61 Å². The molecule has 0 radical (unpaired) electrons. The lowest BCUT2D eigenvalue weighted by molar-refractivity contribution is -0.118. The molecular weight excluding hydrogens is 490 g/mol. The number of nitrogens with zero attached hydrogens (tertiary/aromatic N) is 6. The molecule has 4 aromatic rings. The van der Waals surface area contributed by atoms with Crippen molar-refractivity contribution in [2.24, 2.45) is 0 Å². The van der Waals surface area contributed by atoms with Crippen LogP contribution >= 0.6 is 0 Å². The average Bonchev–Trinajstić information content (AvgIpc) is 2.94. The third-order valence-electron chi connectivity index (χ3n) is 6.54. The van der Waals surface area contributed by atoms with Crippen molar-refractivity contribution in [3.8, 4) is 17.1 Å². The number of fused-ring (bicyclic) bond motifs is 1. The fourth-order valence-corrected chi connectivity index (χ4v) is 4.64. The fraction of sp³-hybridized carbons (Fsp3) is 0.250. The summed E-state index contributed by atoms with van der Waals surface area (Å²) in [6.45, 7) is 7.72. The van der Waals surface area contributed by atoms with Gasteiger partial charge in [-0.05, 0) is 36.2 Å². The molecule has 0 atom stereocenters. The predicted molar refractivity (Wildman–Crippen MR) is 141 cm³/mol. The van der Waals surface area contributed by atoms with Crippen LogP contribution in [0.25, 0.3) is 28.1 Å². The van der Waals surface area contributed by atoms with Gasteiger partial charge in [-0.15, -0.1) is 0 Å². The summed E-state index contributed by atoms with van der Waals surface area (Å²) in [5.74, 6) is -0.126. The third-order valence-corrected chi connectivity index (χ3v) is 6.54. The molecule has 0 aliphatic carbocycles. The number of halogens is 2. The smallest absolute Gasteiger partial charge is 0.319 e. The van der Waals surface area contributed by atoms with E-state index in [4.69, 9.17) is 4.74 Å². The summed E-state index contributed by atoms with van der Waals surface area (Å²) in [5.41, 5.74) is 1.28. The summed E-state index contributed by atoms with van der Waals surface area (Å²) in [7, 11) is 0. The number of aryl methyl sites for hydroxylation is 1. The zero-order valence-electron chi connectivity index (χ0n) is 20.9. The van der Waals surface area contributed by atoms with E-state index in [1.54, 1.807) is 48.5 Å². The standard InChI is InChI=1S/C28H26F2N6O2/c1-3-19-6-4-7-21(29)24(19)23-18(2)16-20-26(25(23)30)33-28(38-15-8-22-31-9-5-10-32-22)34-27(20)36-13-11-35(17-37)12-14-36/h3-7,9-10,16-17H,1,8,11-15H2,2H3. The molecule has 1 amide bonds. The van der Waals surface area contributed by atoms with Crippen LogP contribution in [0.4, 0.5) is 14.6 Å². The molecule has 0 unspecified atom stereocenters. The first-order chi connectivity index (χ1) is 18.5. The van der Waals surface area contributed by atoms with E-state index in [0.717, 1.165) is 6.41 Å². The number of carbonyl (C=O) groups is 1. The second-order valence-electron chi connectivity index (χ2n) is 8.91. The van der Waals surface area contributed by atoms with Gasteiger partial charge in [-0.25, -0.2) is 18.7 Å². The first-order valence-electron chi connectivity index (χ1n) is 12.2. The summed E-state index contributed by atoms with van der Waals surface area (Å²) in [4.78, 5) is 32.3. The van der Waals surface area contributed by atoms with Crippen molar-refractivity contribution in [2.75, 3.05) is 37.7 Å². The van der Waals surface area contributed by atoms with E-state index >= 15 is 8.78 Å². The molecule has 38 heavy (non-hydrogen) atoms. The van der Waals surface area contributed by atoms with Crippen molar-refractivity contribution in [2.45, 2.75) is 13.3 Å². The number of hydrogen-bond donors (Lipinski definition) is 0. The van der Waals surface area contributed by atoms with Crippen molar-refractivity contribution >= 4 is 29.2 Å². The minimum Gasteiger partial charge on any atom is -0.463 e. The summed E-state index contributed by atoms with van der Waals surface area (Å²) < 4.78 is 37.1. The molecule has 1 aliphatic rings. The van der Waals surface area contributed by atoms with E-state index in [-0.39, 0.29) is 29.3 Å². The van der Waals surface area contributed by atoms with Gasteiger partial charge in [0.25, 0.3) is 0 Å². The average molecular weight is 517 g/mol. The summed E-state index contributed by atoms with van der Waals surface area (Å²) in [5, 5.41) is 0.485.